The van der Waals surface area contributed by atoms with Crippen LogP contribution in [0.2, 0.25) is 0 Å². The molecule has 1 aromatic heterocycles. The van der Waals surface area contributed by atoms with E-state index in [9.17, 15) is 10.1 Å². The van der Waals surface area contributed by atoms with Crippen LogP contribution >= 0.6 is 0 Å². The molecule has 1 aliphatic rings. The van der Waals surface area contributed by atoms with Crippen LogP contribution in [0.4, 0.5) is 5.69 Å². The van der Waals surface area contributed by atoms with Gasteiger partial charge in [-0.3, -0.25) is 19.9 Å². The largest absolute Gasteiger partial charge is 0.395 e. The van der Waals surface area contributed by atoms with Gasteiger partial charge in [-0.15, -0.1) is 0 Å². The Morgan fingerprint density at radius 3 is 2.71 bits per heavy atom. The van der Waals surface area contributed by atoms with Crippen LogP contribution in [0, 0.1) is 10.1 Å². The van der Waals surface area contributed by atoms with Crippen LogP contribution in [0.1, 0.15) is 5.89 Å². The first-order chi connectivity index (χ1) is 11.7. The summed E-state index contributed by atoms with van der Waals surface area (Å²) < 4.78 is 5.27. The average molecular weight is 333 g/mol. The molecule has 128 valence electrons. The van der Waals surface area contributed by atoms with Crippen LogP contribution in [0.15, 0.2) is 28.8 Å². The SMILES string of the molecule is O=[N+]([O-])c1cccc(-c2noc(CN3CCN(CCO)CC3)n2)c1. The molecule has 2 aromatic rings. The lowest BCUT2D eigenvalue weighted by Crippen LogP contribution is -2.46. The molecule has 0 spiro atoms. The Bertz CT molecular complexity index is 697. The van der Waals surface area contributed by atoms with Crippen molar-refractivity contribution in [2.75, 3.05) is 39.3 Å². The van der Waals surface area contributed by atoms with E-state index < -0.39 is 4.92 Å². The van der Waals surface area contributed by atoms with E-state index in [-0.39, 0.29) is 12.3 Å². The van der Waals surface area contributed by atoms with Crippen molar-refractivity contribution >= 4 is 5.69 Å². The molecule has 0 bridgehead atoms. The van der Waals surface area contributed by atoms with Crippen molar-refractivity contribution in [3.63, 3.8) is 0 Å². The lowest BCUT2D eigenvalue weighted by molar-refractivity contribution is -0.384. The van der Waals surface area contributed by atoms with E-state index in [1.165, 1.54) is 12.1 Å². The highest BCUT2D eigenvalue weighted by molar-refractivity contribution is 5.58. The minimum Gasteiger partial charge on any atom is -0.395 e. The number of aliphatic hydroxyl groups excluding tert-OH is 1. The standard InChI is InChI=1S/C15H19N5O4/c21-9-8-18-4-6-19(7-5-18)11-14-16-15(17-24-14)12-2-1-3-13(10-12)20(22)23/h1-3,10,21H,4-9,11H2. The second-order valence-electron chi connectivity index (χ2n) is 5.66. The third kappa shape index (κ3) is 3.94. The van der Waals surface area contributed by atoms with Crippen LogP contribution in [0.25, 0.3) is 11.4 Å². The summed E-state index contributed by atoms with van der Waals surface area (Å²) in [6.07, 6.45) is 0. The molecule has 3 rings (SSSR count). The number of nitro benzene ring substituents is 1. The normalized spacial score (nSPS) is 16.4. The summed E-state index contributed by atoms with van der Waals surface area (Å²) >= 11 is 0. The zero-order chi connectivity index (χ0) is 16.9. The number of rotatable bonds is 6. The zero-order valence-corrected chi connectivity index (χ0v) is 13.2. The summed E-state index contributed by atoms with van der Waals surface area (Å²) in [5.41, 5.74) is 0.561. The van der Waals surface area contributed by atoms with Gasteiger partial charge in [-0.2, -0.15) is 4.98 Å². The van der Waals surface area contributed by atoms with Gasteiger partial charge in [0.15, 0.2) is 0 Å². The van der Waals surface area contributed by atoms with Crippen LogP contribution < -0.4 is 0 Å². The van der Waals surface area contributed by atoms with E-state index in [1.54, 1.807) is 12.1 Å². The Balaban J connectivity index is 1.62. The average Bonchev–Trinajstić information content (AvgIpc) is 3.05. The maximum atomic E-state index is 10.8. The maximum absolute atomic E-state index is 10.8. The van der Waals surface area contributed by atoms with Gasteiger partial charge in [0, 0.05) is 50.4 Å². The highest BCUT2D eigenvalue weighted by Crippen LogP contribution is 2.21. The number of non-ortho nitro benzene ring substituents is 1. The quantitative estimate of drug-likeness (QED) is 0.609. The number of nitrogens with zero attached hydrogens (tertiary/aromatic N) is 5. The molecule has 1 N–H and O–H groups in total. The highest BCUT2D eigenvalue weighted by atomic mass is 16.6. The van der Waals surface area contributed by atoms with Crippen LogP contribution in [0.5, 0.6) is 0 Å². The molecule has 1 aliphatic heterocycles. The van der Waals surface area contributed by atoms with Gasteiger partial charge >= 0.3 is 0 Å². The first-order valence-electron chi connectivity index (χ1n) is 7.78. The molecular weight excluding hydrogens is 314 g/mol. The molecule has 0 radical (unpaired) electrons. The van der Waals surface area contributed by atoms with Crippen molar-refractivity contribution in [2.24, 2.45) is 0 Å². The van der Waals surface area contributed by atoms with E-state index in [0.29, 0.717) is 30.4 Å². The van der Waals surface area contributed by atoms with Gasteiger partial charge < -0.3 is 9.63 Å². The highest BCUT2D eigenvalue weighted by Gasteiger charge is 2.19. The Hall–Kier alpha value is -2.36. The lowest BCUT2D eigenvalue weighted by Gasteiger charge is -2.33. The predicted molar refractivity (Wildman–Crippen MR) is 85.2 cm³/mol. The molecule has 0 atom stereocenters. The van der Waals surface area contributed by atoms with Gasteiger partial charge in [0.2, 0.25) is 11.7 Å². The lowest BCUT2D eigenvalue weighted by atomic mass is 10.2. The number of piperazine rings is 1. The van der Waals surface area contributed by atoms with E-state index >= 15 is 0 Å². The van der Waals surface area contributed by atoms with Gasteiger partial charge in [-0.05, 0) is 0 Å². The van der Waals surface area contributed by atoms with Gasteiger partial charge in [-0.25, -0.2) is 0 Å². The minimum atomic E-state index is -0.448. The fourth-order valence-electron chi connectivity index (χ4n) is 2.70. The summed E-state index contributed by atoms with van der Waals surface area (Å²) in [5.74, 6) is 0.847. The van der Waals surface area contributed by atoms with E-state index in [0.717, 1.165) is 26.2 Å². The fraction of sp³-hybridized carbons (Fsp3) is 0.467. The number of hydrogen-bond acceptors (Lipinski definition) is 8. The van der Waals surface area contributed by atoms with Crippen LogP contribution in [-0.2, 0) is 6.54 Å². The van der Waals surface area contributed by atoms with Gasteiger partial charge in [-0.1, -0.05) is 17.3 Å². The summed E-state index contributed by atoms with van der Waals surface area (Å²) in [4.78, 5) is 19.1. The first-order valence-corrected chi connectivity index (χ1v) is 7.78. The predicted octanol–water partition coefficient (Wildman–Crippen LogP) is 0.755. The number of aliphatic hydroxyl groups is 1. The van der Waals surface area contributed by atoms with Crippen molar-refractivity contribution in [1.29, 1.82) is 0 Å². The van der Waals surface area contributed by atoms with E-state index in [1.807, 2.05) is 0 Å². The van der Waals surface area contributed by atoms with E-state index in [4.69, 9.17) is 9.63 Å². The molecular formula is C15H19N5O4. The van der Waals surface area contributed by atoms with Crippen molar-refractivity contribution < 1.29 is 14.6 Å². The Morgan fingerprint density at radius 2 is 2.00 bits per heavy atom. The van der Waals surface area contributed by atoms with Gasteiger partial charge in [0.25, 0.3) is 5.69 Å². The number of nitro groups is 1. The third-order valence-electron chi connectivity index (χ3n) is 4.02. The Labute approximate surface area is 138 Å². The number of hydrogen-bond donors (Lipinski definition) is 1. The Morgan fingerprint density at radius 1 is 1.25 bits per heavy atom. The zero-order valence-electron chi connectivity index (χ0n) is 13.2. The second-order valence-corrected chi connectivity index (χ2v) is 5.66. The van der Waals surface area contributed by atoms with Gasteiger partial charge in [0.1, 0.15) is 0 Å². The molecule has 0 amide bonds. The molecule has 0 aliphatic carbocycles. The maximum Gasteiger partial charge on any atom is 0.270 e. The van der Waals surface area contributed by atoms with Crippen molar-refractivity contribution in [3.8, 4) is 11.4 Å². The monoisotopic (exact) mass is 333 g/mol. The number of β-amino-alcohol motifs (C(OH)–C–C–N with tert-alkyl or cyclic N) is 1. The van der Waals surface area contributed by atoms with Gasteiger partial charge in [0.05, 0.1) is 18.1 Å². The number of benzene rings is 1. The third-order valence-corrected chi connectivity index (χ3v) is 4.02. The van der Waals surface area contributed by atoms with Crippen molar-refractivity contribution in [1.82, 2.24) is 19.9 Å². The smallest absolute Gasteiger partial charge is 0.270 e. The van der Waals surface area contributed by atoms with Crippen molar-refractivity contribution in [3.05, 3.63) is 40.3 Å². The molecule has 0 saturated carbocycles. The molecule has 1 fully saturated rings. The van der Waals surface area contributed by atoms with Crippen molar-refractivity contribution in [2.45, 2.75) is 6.54 Å². The molecule has 9 nitrogen and oxygen atoms in total. The minimum absolute atomic E-state index is 0.00106. The summed E-state index contributed by atoms with van der Waals surface area (Å²) in [6.45, 7) is 4.96. The molecule has 2 heterocycles. The Kier molecular flexibility index (Phi) is 5.14. The van der Waals surface area contributed by atoms with Crippen LogP contribution in [0.3, 0.4) is 0 Å². The summed E-state index contributed by atoms with van der Waals surface area (Å²) in [5, 5.41) is 23.7. The van der Waals surface area contributed by atoms with E-state index in [2.05, 4.69) is 19.9 Å². The number of aromatic nitrogens is 2. The second kappa shape index (κ2) is 7.47. The molecule has 9 heteroatoms. The molecule has 0 unspecified atom stereocenters. The summed E-state index contributed by atoms with van der Waals surface area (Å²) in [7, 11) is 0. The summed E-state index contributed by atoms with van der Waals surface area (Å²) in [6, 6.07) is 6.18. The molecule has 24 heavy (non-hydrogen) atoms. The molecule has 1 aromatic carbocycles. The molecule has 1 saturated heterocycles. The first kappa shape index (κ1) is 16.5. The topological polar surface area (TPSA) is 109 Å². The van der Waals surface area contributed by atoms with Crippen LogP contribution in [-0.4, -0.2) is 69.3 Å². The fourth-order valence-corrected chi connectivity index (χ4v) is 2.70.